The van der Waals surface area contributed by atoms with Crippen LogP contribution in [-0.4, -0.2) is 36.0 Å². The van der Waals surface area contributed by atoms with Gasteiger partial charge in [-0.3, -0.25) is 0 Å². The van der Waals surface area contributed by atoms with E-state index in [2.05, 4.69) is 6.08 Å². The zero-order valence-electron chi connectivity index (χ0n) is 9.78. The molecule has 0 atom stereocenters. The summed E-state index contributed by atoms with van der Waals surface area (Å²) in [6.07, 6.45) is 5.57. The standard InChI is InChI=1S/C11H14NO3.Na/c1-2-15-11(14)9-4-3-7-12(10(9)13)8-5-6-8;/h8H,2-3,5-7H2,1H3;/q-1;+1. The molecule has 1 heterocycles. The summed E-state index contributed by atoms with van der Waals surface area (Å²) in [6, 6.07) is 0.351. The van der Waals surface area contributed by atoms with Gasteiger partial charge in [0.25, 0.3) is 0 Å². The van der Waals surface area contributed by atoms with Crippen molar-refractivity contribution in [2.24, 2.45) is 0 Å². The Morgan fingerprint density at radius 2 is 2.25 bits per heavy atom. The zero-order chi connectivity index (χ0) is 10.8. The van der Waals surface area contributed by atoms with Crippen LogP contribution in [0.4, 0.5) is 0 Å². The summed E-state index contributed by atoms with van der Waals surface area (Å²) in [4.78, 5) is 25.0. The van der Waals surface area contributed by atoms with Crippen molar-refractivity contribution < 1.29 is 43.9 Å². The van der Waals surface area contributed by atoms with Gasteiger partial charge in [-0.05, 0) is 19.8 Å². The fourth-order valence-corrected chi connectivity index (χ4v) is 1.72. The molecule has 0 aromatic rings. The van der Waals surface area contributed by atoms with Gasteiger partial charge >= 0.3 is 29.6 Å². The molecule has 0 unspecified atom stereocenters. The second-order valence-electron chi connectivity index (χ2n) is 3.75. The quantitative estimate of drug-likeness (QED) is 0.237. The molecule has 0 bridgehead atoms. The van der Waals surface area contributed by atoms with E-state index in [1.54, 1.807) is 11.8 Å². The van der Waals surface area contributed by atoms with E-state index in [-0.39, 0.29) is 41.0 Å². The van der Waals surface area contributed by atoms with E-state index < -0.39 is 5.97 Å². The van der Waals surface area contributed by atoms with Gasteiger partial charge < -0.3 is 19.2 Å². The average Bonchev–Trinajstić information content (AvgIpc) is 3.02. The molecular weight excluding hydrogens is 217 g/mol. The molecule has 4 nitrogen and oxygen atoms in total. The summed E-state index contributed by atoms with van der Waals surface area (Å²) < 4.78 is 4.81. The number of hydrogen-bond donors (Lipinski definition) is 0. The van der Waals surface area contributed by atoms with Crippen LogP contribution in [0, 0.1) is 6.08 Å². The number of rotatable bonds is 3. The van der Waals surface area contributed by atoms with Crippen molar-refractivity contribution in [2.75, 3.05) is 13.2 Å². The predicted octanol–water partition coefficient (Wildman–Crippen LogP) is -2.32. The van der Waals surface area contributed by atoms with Crippen LogP contribution in [0.1, 0.15) is 26.2 Å². The first kappa shape index (κ1) is 13.7. The third-order valence-electron chi connectivity index (χ3n) is 2.60. The van der Waals surface area contributed by atoms with Gasteiger partial charge in [0.05, 0.1) is 6.61 Å². The Morgan fingerprint density at radius 1 is 1.56 bits per heavy atom. The van der Waals surface area contributed by atoms with Crippen molar-refractivity contribution in [3.05, 3.63) is 11.6 Å². The van der Waals surface area contributed by atoms with E-state index in [9.17, 15) is 9.59 Å². The third kappa shape index (κ3) is 2.87. The van der Waals surface area contributed by atoms with Crippen LogP contribution >= 0.6 is 0 Å². The van der Waals surface area contributed by atoms with Crippen molar-refractivity contribution in [1.29, 1.82) is 0 Å². The Morgan fingerprint density at radius 3 is 2.81 bits per heavy atom. The second-order valence-corrected chi connectivity index (χ2v) is 3.75. The summed E-state index contributed by atoms with van der Waals surface area (Å²) in [5.74, 6) is -0.741. The number of amides is 1. The molecule has 0 N–H and O–H groups in total. The smallest absolute Gasteiger partial charge is 0.519 e. The van der Waals surface area contributed by atoms with Crippen molar-refractivity contribution in [3.8, 4) is 0 Å². The Hall–Kier alpha value is -0.320. The Bertz CT molecular complexity index is 323. The maximum absolute atomic E-state index is 11.8. The van der Waals surface area contributed by atoms with Gasteiger partial charge in [0.2, 0.25) is 5.97 Å². The second kappa shape index (κ2) is 5.84. The van der Waals surface area contributed by atoms with E-state index in [0.29, 0.717) is 25.6 Å². The summed E-state index contributed by atoms with van der Waals surface area (Å²) in [7, 11) is 0. The minimum atomic E-state index is -0.534. The van der Waals surface area contributed by atoms with E-state index in [4.69, 9.17) is 4.74 Å². The molecule has 0 aromatic carbocycles. The minimum Gasteiger partial charge on any atom is -0.519 e. The number of ether oxygens (including phenoxy) is 1. The summed E-state index contributed by atoms with van der Waals surface area (Å²) in [5.41, 5.74) is 0.0926. The maximum atomic E-state index is 11.8. The van der Waals surface area contributed by atoms with Crippen molar-refractivity contribution in [3.63, 3.8) is 0 Å². The zero-order valence-corrected chi connectivity index (χ0v) is 11.8. The molecule has 2 aliphatic rings. The molecule has 82 valence electrons. The Kier molecular flexibility index (Phi) is 5.02. The topological polar surface area (TPSA) is 46.6 Å². The van der Waals surface area contributed by atoms with Gasteiger partial charge in [0.15, 0.2) is 0 Å². The van der Waals surface area contributed by atoms with E-state index in [1.165, 1.54) is 0 Å². The number of carbonyl (C=O) groups is 2. The molecule has 0 spiro atoms. The molecule has 16 heavy (non-hydrogen) atoms. The van der Waals surface area contributed by atoms with Crippen LogP contribution in [0.3, 0.4) is 0 Å². The number of esters is 1. The number of nitrogens with zero attached hydrogens (tertiary/aromatic N) is 1. The summed E-state index contributed by atoms with van der Waals surface area (Å²) >= 11 is 0. The summed E-state index contributed by atoms with van der Waals surface area (Å²) in [6.45, 7) is 2.71. The largest absolute Gasteiger partial charge is 1.00 e. The molecular formula is C11H14NNaO3. The van der Waals surface area contributed by atoms with E-state index in [0.717, 1.165) is 12.8 Å². The van der Waals surface area contributed by atoms with Crippen molar-refractivity contribution >= 4 is 11.9 Å². The first-order valence-corrected chi connectivity index (χ1v) is 5.33. The number of carbonyl (C=O) groups excluding carboxylic acids is 2. The van der Waals surface area contributed by atoms with E-state index >= 15 is 0 Å². The van der Waals surface area contributed by atoms with Gasteiger partial charge in [0.1, 0.15) is 5.91 Å². The van der Waals surface area contributed by atoms with Crippen LogP contribution in [-0.2, 0) is 14.3 Å². The molecule has 1 aliphatic carbocycles. The van der Waals surface area contributed by atoms with Crippen LogP contribution in [0.5, 0.6) is 0 Å². The minimum absolute atomic E-state index is 0. The van der Waals surface area contributed by atoms with Crippen LogP contribution in [0.2, 0.25) is 0 Å². The Labute approximate surface area is 117 Å². The van der Waals surface area contributed by atoms with E-state index in [1.807, 2.05) is 0 Å². The average molecular weight is 231 g/mol. The van der Waals surface area contributed by atoms with Gasteiger partial charge in [0, 0.05) is 12.6 Å². The molecule has 0 radical (unpaired) electrons. The maximum Gasteiger partial charge on any atom is 1.00 e. The van der Waals surface area contributed by atoms with Crippen LogP contribution < -0.4 is 29.6 Å². The Balaban J connectivity index is 0.00000128. The number of hydrogen-bond acceptors (Lipinski definition) is 3. The van der Waals surface area contributed by atoms with Crippen molar-refractivity contribution in [2.45, 2.75) is 32.2 Å². The molecule has 0 aromatic heterocycles. The van der Waals surface area contributed by atoms with Gasteiger partial charge in [-0.1, -0.05) is 12.0 Å². The van der Waals surface area contributed by atoms with Crippen molar-refractivity contribution in [1.82, 2.24) is 4.90 Å². The van der Waals surface area contributed by atoms with Gasteiger partial charge in [-0.2, -0.15) is 6.08 Å². The van der Waals surface area contributed by atoms with Crippen LogP contribution in [0.15, 0.2) is 5.57 Å². The third-order valence-corrected chi connectivity index (χ3v) is 2.60. The fourth-order valence-electron chi connectivity index (χ4n) is 1.72. The molecule has 1 fully saturated rings. The fraction of sp³-hybridized carbons (Fsp3) is 0.636. The molecule has 1 amide bonds. The molecule has 1 saturated carbocycles. The molecule has 5 heteroatoms. The first-order valence-electron chi connectivity index (χ1n) is 5.33. The van der Waals surface area contributed by atoms with Gasteiger partial charge in [-0.15, -0.1) is 0 Å². The SMILES string of the molecule is CCOC(=O)C1=[C-]CCN(C2CC2)C1=O.[Na+]. The predicted molar refractivity (Wildman–Crippen MR) is 52.7 cm³/mol. The van der Waals surface area contributed by atoms with Crippen LogP contribution in [0.25, 0.3) is 0 Å². The molecule has 2 rings (SSSR count). The van der Waals surface area contributed by atoms with Gasteiger partial charge in [-0.25, -0.2) is 0 Å². The normalized spacial score (nSPS) is 19.9. The molecule has 1 aliphatic heterocycles. The summed E-state index contributed by atoms with van der Waals surface area (Å²) in [5, 5.41) is 0. The first-order chi connectivity index (χ1) is 7.24. The monoisotopic (exact) mass is 231 g/mol. The molecule has 0 saturated heterocycles.